The largest absolute Gasteiger partial charge is 0.397 e. The van der Waals surface area contributed by atoms with Crippen LogP contribution in [0.5, 0.6) is 0 Å². The van der Waals surface area contributed by atoms with Crippen molar-refractivity contribution in [3.8, 4) is 0 Å². The van der Waals surface area contributed by atoms with Gasteiger partial charge in [-0.05, 0) is 54.3 Å². The summed E-state index contributed by atoms with van der Waals surface area (Å²) < 4.78 is 0.986. The Balaban J connectivity index is 1.51. The van der Waals surface area contributed by atoms with Gasteiger partial charge in [0.15, 0.2) is 0 Å². The van der Waals surface area contributed by atoms with Crippen LogP contribution in [-0.4, -0.2) is 11.8 Å². The number of carbonyl (C=O) groups is 2. The number of fused-ring (bicyclic) bond motifs is 1. The van der Waals surface area contributed by atoms with Gasteiger partial charge >= 0.3 is 0 Å². The molecule has 0 aliphatic heterocycles. The number of hydrogen-bond acceptors (Lipinski definition) is 4. The van der Waals surface area contributed by atoms with Crippen LogP contribution in [0.25, 0.3) is 10.1 Å². The Morgan fingerprint density at radius 3 is 2.40 bits per heavy atom. The minimum Gasteiger partial charge on any atom is -0.397 e. The van der Waals surface area contributed by atoms with E-state index < -0.39 is 0 Å². The lowest BCUT2D eigenvalue weighted by atomic mass is 10.1. The molecule has 1 atom stereocenters. The highest BCUT2D eigenvalue weighted by Crippen LogP contribution is 2.29. The number of carbonyl (C=O) groups excluding carboxylic acids is 2. The van der Waals surface area contributed by atoms with Crippen LogP contribution < -0.4 is 16.4 Å². The molecule has 0 fully saturated rings. The lowest BCUT2D eigenvalue weighted by molar-refractivity contribution is 0.0939. The minimum atomic E-state index is -0.193. The average molecular weight is 416 g/mol. The molecule has 0 bridgehead atoms. The van der Waals surface area contributed by atoms with Gasteiger partial charge < -0.3 is 16.4 Å². The van der Waals surface area contributed by atoms with E-state index in [-0.39, 0.29) is 17.9 Å². The zero-order valence-corrected chi connectivity index (χ0v) is 17.2. The van der Waals surface area contributed by atoms with E-state index in [0.29, 0.717) is 21.8 Å². The second-order valence-electron chi connectivity index (χ2n) is 7.01. The summed E-state index contributed by atoms with van der Waals surface area (Å²) in [6.45, 7) is 1.95. The van der Waals surface area contributed by atoms with E-state index in [4.69, 9.17) is 5.73 Å². The van der Waals surface area contributed by atoms with Gasteiger partial charge in [-0.1, -0.05) is 42.5 Å². The molecule has 1 unspecified atom stereocenters. The molecule has 0 radical (unpaired) electrons. The summed E-state index contributed by atoms with van der Waals surface area (Å²) in [6.07, 6.45) is 0. The summed E-state index contributed by atoms with van der Waals surface area (Å²) in [7, 11) is 0. The molecule has 3 aromatic carbocycles. The lowest BCUT2D eigenvalue weighted by Gasteiger charge is -2.14. The van der Waals surface area contributed by atoms with Gasteiger partial charge in [0.2, 0.25) is 0 Å². The molecule has 0 saturated carbocycles. The second kappa shape index (κ2) is 8.39. The first-order chi connectivity index (χ1) is 14.5. The summed E-state index contributed by atoms with van der Waals surface area (Å²) in [6, 6.07) is 24.0. The Morgan fingerprint density at radius 2 is 1.63 bits per heavy atom. The molecular weight excluding hydrogens is 394 g/mol. The van der Waals surface area contributed by atoms with Crippen LogP contribution in [0.15, 0.2) is 78.9 Å². The van der Waals surface area contributed by atoms with E-state index >= 15 is 0 Å². The monoisotopic (exact) mass is 415 g/mol. The third kappa shape index (κ3) is 4.18. The van der Waals surface area contributed by atoms with Crippen molar-refractivity contribution in [1.29, 1.82) is 0 Å². The fourth-order valence-corrected chi connectivity index (χ4v) is 4.18. The Hall–Kier alpha value is -3.64. The number of nitrogens with two attached hydrogens (primary N) is 1. The van der Waals surface area contributed by atoms with Gasteiger partial charge in [0.05, 0.1) is 22.3 Å². The van der Waals surface area contributed by atoms with Crippen molar-refractivity contribution in [3.05, 3.63) is 94.9 Å². The molecule has 1 aromatic heterocycles. The maximum atomic E-state index is 12.6. The van der Waals surface area contributed by atoms with Crippen molar-refractivity contribution in [3.63, 3.8) is 0 Å². The fourth-order valence-electron chi connectivity index (χ4n) is 3.18. The highest BCUT2D eigenvalue weighted by atomic mass is 32.1. The summed E-state index contributed by atoms with van der Waals surface area (Å²) in [5.74, 6) is -0.309. The highest BCUT2D eigenvalue weighted by Gasteiger charge is 2.15. The quantitative estimate of drug-likeness (QED) is 0.390. The molecule has 4 aromatic rings. The molecule has 150 valence electrons. The number of anilines is 2. The molecule has 0 aliphatic carbocycles. The standard InChI is InChI=1S/C24H21N3O2S/c1-15(26-23(28)16-7-3-2-4-8-16)17-11-12-18-14-22(30-21(18)13-17)24(29)27-20-10-6-5-9-19(20)25/h2-15H,25H2,1H3,(H,26,28)(H,27,29). The maximum absolute atomic E-state index is 12.6. The van der Waals surface area contributed by atoms with E-state index in [2.05, 4.69) is 10.6 Å². The summed E-state index contributed by atoms with van der Waals surface area (Å²) in [5, 5.41) is 6.86. The van der Waals surface area contributed by atoms with Crippen LogP contribution in [0.3, 0.4) is 0 Å². The molecular formula is C24H21N3O2S. The Bertz CT molecular complexity index is 1220. The molecule has 6 heteroatoms. The molecule has 2 amide bonds. The van der Waals surface area contributed by atoms with Crippen molar-refractivity contribution in [2.24, 2.45) is 0 Å². The van der Waals surface area contributed by atoms with Crippen LogP contribution in [0.4, 0.5) is 11.4 Å². The van der Waals surface area contributed by atoms with Crippen LogP contribution in [0.1, 0.15) is 38.6 Å². The Kier molecular flexibility index (Phi) is 5.50. The SMILES string of the molecule is CC(NC(=O)c1ccccc1)c1ccc2cc(C(=O)Nc3ccccc3N)sc2c1. The first-order valence-corrected chi connectivity index (χ1v) is 10.4. The van der Waals surface area contributed by atoms with Crippen molar-refractivity contribution in [2.75, 3.05) is 11.1 Å². The van der Waals surface area contributed by atoms with E-state index in [9.17, 15) is 9.59 Å². The highest BCUT2D eigenvalue weighted by molar-refractivity contribution is 7.20. The van der Waals surface area contributed by atoms with Crippen molar-refractivity contribution in [1.82, 2.24) is 5.32 Å². The lowest BCUT2D eigenvalue weighted by Crippen LogP contribution is -2.26. The van der Waals surface area contributed by atoms with E-state index in [0.717, 1.165) is 15.6 Å². The third-order valence-electron chi connectivity index (χ3n) is 4.86. The van der Waals surface area contributed by atoms with Crippen LogP contribution in [-0.2, 0) is 0 Å². The normalized spacial score (nSPS) is 11.8. The van der Waals surface area contributed by atoms with E-state index in [1.807, 2.05) is 61.5 Å². The predicted molar refractivity (Wildman–Crippen MR) is 123 cm³/mol. The van der Waals surface area contributed by atoms with E-state index in [1.165, 1.54) is 11.3 Å². The van der Waals surface area contributed by atoms with Gasteiger partial charge in [-0.3, -0.25) is 9.59 Å². The van der Waals surface area contributed by atoms with Crippen LogP contribution in [0.2, 0.25) is 0 Å². The molecule has 0 spiro atoms. The molecule has 0 aliphatic rings. The third-order valence-corrected chi connectivity index (χ3v) is 5.96. The molecule has 0 saturated heterocycles. The Morgan fingerprint density at radius 1 is 0.900 bits per heavy atom. The number of thiophene rings is 1. The number of hydrogen-bond donors (Lipinski definition) is 3. The van der Waals surface area contributed by atoms with Crippen LogP contribution in [0, 0.1) is 0 Å². The first kappa shape index (κ1) is 19.7. The predicted octanol–water partition coefficient (Wildman–Crippen LogP) is 5.23. The molecule has 5 nitrogen and oxygen atoms in total. The van der Waals surface area contributed by atoms with Gasteiger partial charge in [-0.2, -0.15) is 0 Å². The summed E-state index contributed by atoms with van der Waals surface area (Å²) in [5.41, 5.74) is 8.64. The van der Waals surface area contributed by atoms with Gasteiger partial charge in [-0.25, -0.2) is 0 Å². The average Bonchev–Trinajstić information content (AvgIpc) is 3.19. The summed E-state index contributed by atoms with van der Waals surface area (Å²) >= 11 is 1.41. The smallest absolute Gasteiger partial charge is 0.265 e. The second-order valence-corrected chi connectivity index (χ2v) is 8.09. The first-order valence-electron chi connectivity index (χ1n) is 9.56. The summed E-state index contributed by atoms with van der Waals surface area (Å²) in [4.78, 5) is 25.7. The number of rotatable bonds is 5. The minimum absolute atomic E-state index is 0.116. The topological polar surface area (TPSA) is 84.2 Å². The molecule has 1 heterocycles. The van der Waals surface area contributed by atoms with Gasteiger partial charge in [0.1, 0.15) is 0 Å². The number of nitrogen functional groups attached to an aromatic ring is 1. The number of nitrogens with one attached hydrogen (secondary N) is 2. The maximum Gasteiger partial charge on any atom is 0.265 e. The van der Waals surface area contributed by atoms with Crippen molar-refractivity contribution >= 4 is 44.6 Å². The number of amides is 2. The van der Waals surface area contributed by atoms with Crippen LogP contribution >= 0.6 is 11.3 Å². The van der Waals surface area contributed by atoms with Gasteiger partial charge in [-0.15, -0.1) is 11.3 Å². The van der Waals surface area contributed by atoms with Crippen molar-refractivity contribution in [2.45, 2.75) is 13.0 Å². The zero-order chi connectivity index (χ0) is 21.1. The zero-order valence-electron chi connectivity index (χ0n) is 16.4. The number of benzene rings is 3. The Labute approximate surface area is 178 Å². The van der Waals surface area contributed by atoms with E-state index in [1.54, 1.807) is 24.3 Å². The molecule has 30 heavy (non-hydrogen) atoms. The van der Waals surface area contributed by atoms with Gasteiger partial charge in [0.25, 0.3) is 11.8 Å². The molecule has 4 rings (SSSR count). The molecule has 4 N–H and O–H groups in total. The van der Waals surface area contributed by atoms with Crippen molar-refractivity contribution < 1.29 is 9.59 Å². The van der Waals surface area contributed by atoms with Gasteiger partial charge in [0, 0.05) is 10.3 Å². The number of para-hydroxylation sites is 2. The fraction of sp³-hybridized carbons (Fsp3) is 0.0833.